The number of carbonyl (C=O) groups is 2. The van der Waals surface area contributed by atoms with E-state index in [9.17, 15) is 9.59 Å². The molecule has 0 saturated heterocycles. The molecule has 1 rings (SSSR count). The summed E-state index contributed by atoms with van der Waals surface area (Å²) >= 11 is 0. The largest absolute Gasteiger partial charge is 0.480 e. The molecular formula is C15H24N2O4. The molecule has 0 aromatic heterocycles. The third-order valence-electron chi connectivity index (χ3n) is 3.16. The number of carboxylic acid groups (broad SMARTS) is 2. The molecule has 118 valence electrons. The van der Waals surface area contributed by atoms with Crippen LogP contribution in [0, 0.1) is 5.92 Å². The van der Waals surface area contributed by atoms with E-state index in [2.05, 4.69) is 0 Å². The number of rotatable bonds is 6. The fourth-order valence-corrected chi connectivity index (χ4v) is 1.45. The second-order valence-electron chi connectivity index (χ2n) is 4.88. The minimum Gasteiger partial charge on any atom is -0.480 e. The zero-order chi connectivity index (χ0) is 16.4. The van der Waals surface area contributed by atoms with Crippen molar-refractivity contribution in [3.63, 3.8) is 0 Å². The van der Waals surface area contributed by atoms with Gasteiger partial charge in [0.05, 0.1) is 0 Å². The van der Waals surface area contributed by atoms with Crippen LogP contribution in [0.15, 0.2) is 30.3 Å². The smallest absolute Gasteiger partial charge is 0.320 e. The van der Waals surface area contributed by atoms with Crippen molar-refractivity contribution in [2.45, 2.75) is 38.8 Å². The predicted octanol–water partition coefficient (Wildman–Crippen LogP) is 1.09. The molecule has 1 unspecified atom stereocenters. The normalized spacial score (nSPS) is 14.3. The summed E-state index contributed by atoms with van der Waals surface area (Å²) < 4.78 is 0. The SMILES string of the molecule is CCC(C)[C@H](N)C(=O)O.N[C@H](Cc1ccccc1)C(=O)O. The molecule has 0 aliphatic heterocycles. The zero-order valence-corrected chi connectivity index (χ0v) is 12.4. The summed E-state index contributed by atoms with van der Waals surface area (Å²) in [6.07, 6.45) is 1.20. The maximum atomic E-state index is 10.4. The van der Waals surface area contributed by atoms with Gasteiger partial charge in [0.2, 0.25) is 0 Å². The lowest BCUT2D eigenvalue weighted by Crippen LogP contribution is -2.36. The fraction of sp³-hybridized carbons (Fsp3) is 0.467. The first-order valence-electron chi connectivity index (χ1n) is 6.80. The van der Waals surface area contributed by atoms with Crippen molar-refractivity contribution in [1.82, 2.24) is 0 Å². The highest BCUT2D eigenvalue weighted by molar-refractivity contribution is 5.73. The molecule has 1 aromatic rings. The number of nitrogens with two attached hydrogens (primary N) is 2. The zero-order valence-electron chi connectivity index (χ0n) is 12.4. The van der Waals surface area contributed by atoms with Crippen LogP contribution in [0.4, 0.5) is 0 Å². The van der Waals surface area contributed by atoms with Crippen molar-refractivity contribution < 1.29 is 19.8 Å². The summed E-state index contributed by atoms with van der Waals surface area (Å²) in [4.78, 5) is 20.6. The minimum absolute atomic E-state index is 0.0718. The Balaban J connectivity index is 0.000000400. The van der Waals surface area contributed by atoms with Crippen LogP contribution >= 0.6 is 0 Å². The van der Waals surface area contributed by atoms with Crippen LogP contribution in [-0.4, -0.2) is 34.2 Å². The summed E-state index contributed by atoms with van der Waals surface area (Å²) in [5, 5.41) is 16.9. The summed E-state index contributed by atoms with van der Waals surface area (Å²) in [7, 11) is 0. The number of hydrogen-bond acceptors (Lipinski definition) is 4. The second-order valence-corrected chi connectivity index (χ2v) is 4.88. The molecule has 0 heterocycles. The Morgan fingerprint density at radius 1 is 1.10 bits per heavy atom. The molecule has 0 spiro atoms. The van der Waals surface area contributed by atoms with Crippen molar-refractivity contribution in [1.29, 1.82) is 0 Å². The second kappa shape index (κ2) is 9.90. The van der Waals surface area contributed by atoms with Gasteiger partial charge in [-0.3, -0.25) is 9.59 Å². The van der Waals surface area contributed by atoms with Crippen molar-refractivity contribution >= 4 is 11.9 Å². The van der Waals surface area contributed by atoms with Gasteiger partial charge in [-0.1, -0.05) is 50.6 Å². The van der Waals surface area contributed by atoms with Gasteiger partial charge in [-0.25, -0.2) is 0 Å². The van der Waals surface area contributed by atoms with Gasteiger partial charge in [0.15, 0.2) is 0 Å². The van der Waals surface area contributed by atoms with E-state index < -0.39 is 24.0 Å². The van der Waals surface area contributed by atoms with E-state index in [1.165, 1.54) is 0 Å². The predicted molar refractivity (Wildman–Crippen MR) is 80.8 cm³/mol. The van der Waals surface area contributed by atoms with Gasteiger partial charge in [-0.2, -0.15) is 0 Å². The van der Waals surface area contributed by atoms with Crippen molar-refractivity contribution in [2.75, 3.05) is 0 Å². The lowest BCUT2D eigenvalue weighted by molar-refractivity contribution is -0.140. The molecule has 0 bridgehead atoms. The first kappa shape index (κ1) is 19.1. The topological polar surface area (TPSA) is 127 Å². The highest BCUT2D eigenvalue weighted by Gasteiger charge is 2.17. The third kappa shape index (κ3) is 8.06. The number of aliphatic carboxylic acids is 2. The van der Waals surface area contributed by atoms with Gasteiger partial charge in [-0.05, 0) is 17.9 Å². The average Bonchev–Trinajstić information content (AvgIpc) is 2.47. The van der Waals surface area contributed by atoms with Crippen molar-refractivity contribution in [3.05, 3.63) is 35.9 Å². The van der Waals surface area contributed by atoms with Gasteiger partial charge in [0.1, 0.15) is 12.1 Å². The number of hydrogen-bond donors (Lipinski definition) is 4. The van der Waals surface area contributed by atoms with Crippen LogP contribution in [0.25, 0.3) is 0 Å². The lowest BCUT2D eigenvalue weighted by atomic mass is 10.0. The Kier molecular flexibility index (Phi) is 9.00. The van der Waals surface area contributed by atoms with E-state index in [-0.39, 0.29) is 5.92 Å². The molecular weight excluding hydrogens is 272 g/mol. The standard InChI is InChI=1S/C9H11NO2.C6H13NO2/c10-8(9(11)12)6-7-4-2-1-3-5-7;1-3-4(2)5(7)6(8)9/h1-5,8H,6,10H2,(H,11,12);4-5H,3,7H2,1-2H3,(H,8,9)/t8-;4?,5-/m10/s1. The molecule has 0 aliphatic carbocycles. The number of carboxylic acids is 2. The Morgan fingerprint density at radius 3 is 1.95 bits per heavy atom. The summed E-state index contributed by atoms with van der Waals surface area (Å²) in [5.74, 6) is -1.80. The molecule has 6 nitrogen and oxygen atoms in total. The summed E-state index contributed by atoms with van der Waals surface area (Å²) in [5.41, 5.74) is 11.6. The Labute approximate surface area is 124 Å². The average molecular weight is 296 g/mol. The summed E-state index contributed by atoms with van der Waals surface area (Å²) in [6.45, 7) is 3.76. The molecule has 1 aromatic carbocycles. The van der Waals surface area contributed by atoms with Gasteiger partial charge in [-0.15, -0.1) is 0 Å². The van der Waals surface area contributed by atoms with E-state index in [0.29, 0.717) is 6.42 Å². The van der Waals surface area contributed by atoms with Crippen LogP contribution in [0.2, 0.25) is 0 Å². The summed E-state index contributed by atoms with van der Waals surface area (Å²) in [6, 6.07) is 7.84. The molecule has 6 heteroatoms. The highest BCUT2D eigenvalue weighted by atomic mass is 16.4. The molecule has 6 N–H and O–H groups in total. The fourth-order valence-electron chi connectivity index (χ4n) is 1.45. The van der Waals surface area contributed by atoms with E-state index in [1.54, 1.807) is 0 Å². The minimum atomic E-state index is -0.959. The van der Waals surface area contributed by atoms with E-state index >= 15 is 0 Å². The van der Waals surface area contributed by atoms with Gasteiger partial charge < -0.3 is 21.7 Å². The van der Waals surface area contributed by atoms with Gasteiger partial charge in [0.25, 0.3) is 0 Å². The molecule has 0 fully saturated rings. The molecule has 0 radical (unpaired) electrons. The van der Waals surface area contributed by atoms with Crippen LogP contribution in [-0.2, 0) is 16.0 Å². The van der Waals surface area contributed by atoms with Gasteiger partial charge in [0, 0.05) is 0 Å². The van der Waals surface area contributed by atoms with Crippen molar-refractivity contribution in [3.8, 4) is 0 Å². The van der Waals surface area contributed by atoms with Crippen LogP contribution in [0.3, 0.4) is 0 Å². The Hall–Kier alpha value is -1.92. The molecule has 0 amide bonds. The molecule has 3 atom stereocenters. The molecule has 0 saturated carbocycles. The molecule has 21 heavy (non-hydrogen) atoms. The third-order valence-corrected chi connectivity index (χ3v) is 3.16. The van der Waals surface area contributed by atoms with Crippen LogP contribution in [0.5, 0.6) is 0 Å². The quantitative estimate of drug-likeness (QED) is 0.622. The maximum absolute atomic E-state index is 10.4. The lowest BCUT2D eigenvalue weighted by Gasteiger charge is -2.11. The Morgan fingerprint density at radius 2 is 1.62 bits per heavy atom. The first-order valence-corrected chi connectivity index (χ1v) is 6.80. The van der Waals surface area contributed by atoms with Gasteiger partial charge >= 0.3 is 11.9 Å². The first-order chi connectivity index (χ1) is 9.79. The number of benzene rings is 1. The van der Waals surface area contributed by atoms with E-state index in [0.717, 1.165) is 12.0 Å². The highest BCUT2D eigenvalue weighted by Crippen LogP contribution is 2.04. The van der Waals surface area contributed by atoms with E-state index in [1.807, 2.05) is 44.2 Å². The monoisotopic (exact) mass is 296 g/mol. The van der Waals surface area contributed by atoms with Crippen LogP contribution < -0.4 is 11.5 Å². The van der Waals surface area contributed by atoms with Crippen molar-refractivity contribution in [2.24, 2.45) is 17.4 Å². The Bertz CT molecular complexity index is 437. The maximum Gasteiger partial charge on any atom is 0.320 e. The molecule has 0 aliphatic rings. The van der Waals surface area contributed by atoms with E-state index in [4.69, 9.17) is 21.7 Å². The van der Waals surface area contributed by atoms with Crippen LogP contribution in [0.1, 0.15) is 25.8 Å².